The molecule has 3 fully saturated rings. The first-order chi connectivity index (χ1) is 18.9. The number of ether oxygens (including phenoxy) is 4. The van der Waals surface area contributed by atoms with Crippen molar-refractivity contribution in [1.29, 1.82) is 0 Å². The summed E-state index contributed by atoms with van der Waals surface area (Å²) < 4.78 is 22.5. The largest absolute Gasteiger partial charge is 0.394 e. The van der Waals surface area contributed by atoms with Crippen LogP contribution in [0.5, 0.6) is 0 Å². The van der Waals surface area contributed by atoms with Crippen molar-refractivity contribution in [1.82, 2.24) is 5.32 Å². The maximum atomic E-state index is 12.6. The number of rotatable bonds is 10. The lowest BCUT2D eigenvalue weighted by atomic mass is 9.83. The van der Waals surface area contributed by atoms with Crippen LogP contribution in [0.2, 0.25) is 0 Å². The molecule has 0 aromatic rings. The number of hydrogen-bond donors (Lipinski definition) is 13. The number of carbonyl (C=O) groups excluding carboxylic acids is 1. The molecule has 1 saturated carbocycles. The highest BCUT2D eigenvalue weighted by Crippen LogP contribution is 2.32. The molecule has 0 aromatic carbocycles. The monoisotopic (exact) mass is 621 g/mol. The van der Waals surface area contributed by atoms with E-state index in [0.29, 0.717) is 0 Å². The van der Waals surface area contributed by atoms with Gasteiger partial charge in [0.1, 0.15) is 67.1 Å². The minimum Gasteiger partial charge on any atom is -0.394 e. The zero-order valence-corrected chi connectivity index (χ0v) is 22.9. The molecule has 17 N–H and O–H groups in total. The Bertz CT molecular complexity index is 822. The smallest absolute Gasteiger partial charge is 0.249 e. The Balaban J connectivity index is 0.00000588. The molecule has 1 amide bonds. The van der Waals surface area contributed by atoms with Crippen molar-refractivity contribution < 1.29 is 64.6 Å². The summed E-state index contributed by atoms with van der Waals surface area (Å²) in [6, 6.07) is -3.45. The number of hydrogen-bond acceptors (Lipinski definition) is 17. The molecule has 0 radical (unpaired) electrons. The molecule has 242 valence electrons. The van der Waals surface area contributed by atoms with Crippen molar-refractivity contribution in [3.63, 3.8) is 0 Å². The summed E-state index contributed by atoms with van der Waals surface area (Å²) in [5.74, 6) is -0.845. The Morgan fingerprint density at radius 1 is 0.854 bits per heavy atom. The van der Waals surface area contributed by atoms with Gasteiger partial charge in [0.05, 0.1) is 18.7 Å². The number of nitrogens with two attached hydrogens (primary N) is 4. The number of amides is 1. The number of nitrogens with one attached hydrogen (secondary N) is 1. The minimum absolute atomic E-state index is 0. The fraction of sp³-hybridized carbons (Fsp3) is 0.955. The molecule has 41 heavy (non-hydrogen) atoms. The fourth-order valence-electron chi connectivity index (χ4n) is 5.07. The Hall–Kier alpha value is -0.880. The zero-order valence-electron chi connectivity index (χ0n) is 22.1. The maximum Gasteiger partial charge on any atom is 0.249 e. The second-order valence-electron chi connectivity index (χ2n) is 10.3. The molecule has 18 nitrogen and oxygen atoms in total. The first kappa shape index (κ1) is 36.3. The molecule has 2 heterocycles. The van der Waals surface area contributed by atoms with Gasteiger partial charge in [0.15, 0.2) is 12.6 Å². The van der Waals surface area contributed by atoms with E-state index >= 15 is 0 Å². The second-order valence-corrected chi connectivity index (χ2v) is 10.3. The topological polar surface area (TPSA) is 332 Å². The van der Waals surface area contributed by atoms with Gasteiger partial charge in [-0.15, -0.1) is 12.4 Å². The van der Waals surface area contributed by atoms with Gasteiger partial charge in [-0.1, -0.05) is 0 Å². The second kappa shape index (κ2) is 15.7. The van der Waals surface area contributed by atoms with E-state index in [1.807, 2.05) is 0 Å². The molecular formula is C22H44ClN5O13. The standard InChI is InChI=1S/C22H43N5O13.ClH/c23-2-1-8(29)20(36)27-7-3-6(25)18(39-22-16(34)15(33)13(31)9(4-24)37-22)17(35)19(7)40-21-14(32)11(26)12(30)10(5-28)38-21;/h6-19,21-22,28-35H,1-5,23-26H2,(H,27,36);1H/t6-,7+,8-,9+,10+,11-,12+,13+,14+,15-,16+,17-,18+,19-,21?,22?;/m0./s1. The van der Waals surface area contributed by atoms with Crippen LogP contribution >= 0.6 is 12.4 Å². The SMILES string of the molecule is Cl.NCC[C@H](O)C(=O)N[C@@H]1C[C@H](N)[C@@H](OC2O[C@H](CN)[C@@H](O)[C@H](O)[C@H]2O)[C@H](O)[C@H]1OC1O[C@H](CO)[C@@H](O)[C@H](N)[C@H]1O. The molecule has 0 aromatic heterocycles. The van der Waals surface area contributed by atoms with Crippen LogP contribution in [0.25, 0.3) is 0 Å². The quantitative estimate of drug-likeness (QED) is 0.108. The summed E-state index contributed by atoms with van der Waals surface area (Å²) in [5, 5.41) is 84.9. The third-order valence-electron chi connectivity index (χ3n) is 7.51. The molecule has 1 aliphatic carbocycles. The van der Waals surface area contributed by atoms with Crippen LogP contribution in [0, 0.1) is 0 Å². The van der Waals surface area contributed by atoms with Crippen molar-refractivity contribution in [3.8, 4) is 0 Å². The average molecular weight is 622 g/mol. The highest BCUT2D eigenvalue weighted by molar-refractivity contribution is 5.85. The summed E-state index contributed by atoms with van der Waals surface area (Å²) >= 11 is 0. The molecule has 0 spiro atoms. The van der Waals surface area contributed by atoms with Gasteiger partial charge in [-0.05, 0) is 19.4 Å². The lowest BCUT2D eigenvalue weighted by Crippen LogP contribution is -2.69. The highest BCUT2D eigenvalue weighted by Gasteiger charge is 2.52. The minimum atomic E-state index is -1.76. The normalized spacial score (nSPS) is 45.9. The van der Waals surface area contributed by atoms with Crippen LogP contribution in [-0.2, 0) is 23.7 Å². The van der Waals surface area contributed by atoms with E-state index in [2.05, 4.69) is 5.32 Å². The van der Waals surface area contributed by atoms with Gasteiger partial charge in [0, 0.05) is 12.6 Å². The first-order valence-corrected chi connectivity index (χ1v) is 13.1. The molecule has 2 saturated heterocycles. The van der Waals surface area contributed by atoms with E-state index in [1.165, 1.54) is 0 Å². The van der Waals surface area contributed by atoms with Crippen molar-refractivity contribution in [2.24, 2.45) is 22.9 Å². The van der Waals surface area contributed by atoms with E-state index in [4.69, 9.17) is 41.9 Å². The fourth-order valence-corrected chi connectivity index (χ4v) is 5.07. The van der Waals surface area contributed by atoms with Crippen molar-refractivity contribution in [2.45, 2.75) is 111 Å². The van der Waals surface area contributed by atoms with E-state index in [-0.39, 0.29) is 38.3 Å². The summed E-state index contributed by atoms with van der Waals surface area (Å²) in [6.45, 7) is -0.898. The third-order valence-corrected chi connectivity index (χ3v) is 7.51. The van der Waals surface area contributed by atoms with Gasteiger partial charge >= 0.3 is 0 Å². The van der Waals surface area contributed by atoms with E-state index < -0.39 is 110 Å². The van der Waals surface area contributed by atoms with E-state index in [9.17, 15) is 45.6 Å². The predicted octanol–water partition coefficient (Wildman–Crippen LogP) is -8.00. The van der Waals surface area contributed by atoms with Gasteiger partial charge < -0.3 is 88.1 Å². The third kappa shape index (κ3) is 7.99. The molecule has 3 aliphatic rings. The van der Waals surface area contributed by atoms with Crippen molar-refractivity contribution >= 4 is 18.3 Å². The van der Waals surface area contributed by atoms with E-state index in [1.54, 1.807) is 0 Å². The predicted molar refractivity (Wildman–Crippen MR) is 139 cm³/mol. The summed E-state index contributed by atoms with van der Waals surface area (Å²) in [6.07, 6.45) is -19.8. The Kier molecular flexibility index (Phi) is 13.9. The van der Waals surface area contributed by atoms with Gasteiger partial charge in [-0.25, -0.2) is 0 Å². The molecule has 2 aliphatic heterocycles. The number of carbonyl (C=O) groups is 1. The summed E-state index contributed by atoms with van der Waals surface area (Å²) in [4.78, 5) is 12.6. The molecule has 0 bridgehead atoms. The molecule has 3 rings (SSSR count). The molecule has 2 unspecified atom stereocenters. The summed E-state index contributed by atoms with van der Waals surface area (Å²) in [5.41, 5.74) is 23.1. The first-order valence-electron chi connectivity index (χ1n) is 13.1. The zero-order chi connectivity index (χ0) is 29.9. The molecule has 16 atom stereocenters. The lowest BCUT2D eigenvalue weighted by molar-refractivity contribution is -0.332. The van der Waals surface area contributed by atoms with Crippen molar-refractivity contribution in [3.05, 3.63) is 0 Å². The van der Waals surface area contributed by atoms with Gasteiger partial charge in [-0.2, -0.15) is 0 Å². The number of aliphatic hydroxyl groups excluding tert-OH is 8. The van der Waals surface area contributed by atoms with Crippen LogP contribution < -0.4 is 28.3 Å². The Morgan fingerprint density at radius 3 is 2.02 bits per heavy atom. The number of aliphatic hydroxyl groups is 8. The Morgan fingerprint density at radius 2 is 1.44 bits per heavy atom. The molecule has 19 heteroatoms. The van der Waals surface area contributed by atoms with Crippen molar-refractivity contribution in [2.75, 3.05) is 19.7 Å². The van der Waals surface area contributed by atoms with Crippen LogP contribution in [0.1, 0.15) is 12.8 Å². The lowest BCUT2D eigenvalue weighted by Gasteiger charge is -2.49. The van der Waals surface area contributed by atoms with Gasteiger partial charge in [0.2, 0.25) is 5.91 Å². The van der Waals surface area contributed by atoms with E-state index in [0.717, 1.165) is 0 Å². The highest BCUT2D eigenvalue weighted by atomic mass is 35.5. The average Bonchev–Trinajstić information content (AvgIpc) is 2.92. The number of halogens is 1. The molecular weight excluding hydrogens is 578 g/mol. The van der Waals surface area contributed by atoms with Gasteiger partial charge in [0.25, 0.3) is 0 Å². The Labute approximate surface area is 241 Å². The van der Waals surface area contributed by atoms with Crippen LogP contribution in [0.3, 0.4) is 0 Å². The van der Waals surface area contributed by atoms with Crippen LogP contribution in [-0.4, -0.2) is 164 Å². The summed E-state index contributed by atoms with van der Waals surface area (Å²) in [7, 11) is 0. The van der Waals surface area contributed by atoms with Crippen LogP contribution in [0.4, 0.5) is 0 Å². The maximum absolute atomic E-state index is 12.6. The van der Waals surface area contributed by atoms with Crippen LogP contribution in [0.15, 0.2) is 0 Å². The van der Waals surface area contributed by atoms with Gasteiger partial charge in [-0.3, -0.25) is 4.79 Å².